The van der Waals surface area contributed by atoms with Crippen LogP contribution in [0.2, 0.25) is 0 Å². The van der Waals surface area contributed by atoms with E-state index in [1.165, 1.54) is 122 Å². The number of nitrogens with one attached hydrogen (secondary N) is 2. The molecule has 0 aliphatic carbocycles. The number of aliphatic carboxylic acids is 1. The van der Waals surface area contributed by atoms with E-state index in [-0.39, 0.29) is 30.6 Å². The van der Waals surface area contributed by atoms with Crippen molar-refractivity contribution in [2.45, 2.75) is 289 Å². The Morgan fingerprint density at radius 3 is 1.39 bits per heavy atom. The average Bonchev–Trinajstić information content (AvgIpc) is 3.26. The Morgan fingerprint density at radius 1 is 0.562 bits per heavy atom. The molecule has 376 valence electrons. The second kappa shape index (κ2) is 39.8. The van der Waals surface area contributed by atoms with Gasteiger partial charge in [0.15, 0.2) is 6.23 Å². The SMILES string of the molecule is CCCCCCCCCCCCCCCCCC(=O)N(CCCCCCCCCCCCCC)[C@@H]1O[C@H](CO)[C@@H](O)[C@H](O)[C@H]1NC(=O)[C@H](CC(C)C)NC(=O)CCCCCCC(=O)O. The number of ether oxygens (including phenoxy) is 1. The quantitative estimate of drug-likeness (QED) is 0.0324. The van der Waals surface area contributed by atoms with Gasteiger partial charge in [0.05, 0.1) is 6.61 Å². The molecule has 1 aliphatic rings. The van der Waals surface area contributed by atoms with Gasteiger partial charge in [0.25, 0.3) is 0 Å². The molecule has 0 aromatic carbocycles. The maximum atomic E-state index is 14.2. The minimum absolute atomic E-state index is 0.0403. The number of hydrogen-bond acceptors (Lipinski definition) is 8. The van der Waals surface area contributed by atoms with Gasteiger partial charge in [-0.2, -0.15) is 0 Å². The van der Waals surface area contributed by atoms with E-state index in [0.717, 1.165) is 38.5 Å². The van der Waals surface area contributed by atoms with Crippen molar-refractivity contribution in [1.82, 2.24) is 15.5 Å². The number of nitrogens with zero attached hydrogens (tertiary/aromatic N) is 1. The van der Waals surface area contributed by atoms with E-state index in [1.54, 1.807) is 4.90 Å². The van der Waals surface area contributed by atoms with Crippen LogP contribution in [0, 0.1) is 5.92 Å². The fourth-order valence-corrected chi connectivity index (χ4v) is 8.98. The van der Waals surface area contributed by atoms with Crippen LogP contribution in [-0.2, 0) is 23.9 Å². The number of aliphatic hydroxyl groups is 3. The van der Waals surface area contributed by atoms with Gasteiger partial charge in [0.1, 0.15) is 30.4 Å². The number of amides is 3. The van der Waals surface area contributed by atoms with Gasteiger partial charge >= 0.3 is 5.97 Å². The molecule has 0 saturated carbocycles. The molecule has 12 nitrogen and oxygen atoms in total. The topological polar surface area (TPSA) is 186 Å². The van der Waals surface area contributed by atoms with E-state index < -0.39 is 55.1 Å². The van der Waals surface area contributed by atoms with Crippen LogP contribution in [0.1, 0.15) is 252 Å². The van der Waals surface area contributed by atoms with Crippen molar-refractivity contribution in [2.75, 3.05) is 13.2 Å². The van der Waals surface area contributed by atoms with Gasteiger partial charge in [-0.05, 0) is 38.0 Å². The molecule has 0 spiro atoms. The van der Waals surface area contributed by atoms with Crippen LogP contribution in [-0.4, -0.2) is 98.8 Å². The molecule has 6 N–H and O–H groups in total. The van der Waals surface area contributed by atoms with Crippen LogP contribution in [0.4, 0.5) is 0 Å². The summed E-state index contributed by atoms with van der Waals surface area (Å²) in [4.78, 5) is 53.7. The summed E-state index contributed by atoms with van der Waals surface area (Å²) in [5, 5.41) is 47.4. The Balaban J connectivity index is 2.95. The summed E-state index contributed by atoms with van der Waals surface area (Å²) in [7, 11) is 0. The smallest absolute Gasteiger partial charge is 0.303 e. The molecule has 1 heterocycles. The van der Waals surface area contributed by atoms with Gasteiger partial charge in [0, 0.05) is 25.8 Å². The number of carboxylic acids is 1. The first-order valence-corrected chi connectivity index (χ1v) is 26.7. The number of rotatable bonds is 43. The van der Waals surface area contributed by atoms with Crippen molar-refractivity contribution in [3.63, 3.8) is 0 Å². The lowest BCUT2D eigenvalue weighted by molar-refractivity contribution is -0.231. The maximum Gasteiger partial charge on any atom is 0.303 e. The second-order valence-electron chi connectivity index (χ2n) is 19.5. The van der Waals surface area contributed by atoms with Gasteiger partial charge in [-0.3, -0.25) is 19.2 Å². The highest BCUT2D eigenvalue weighted by molar-refractivity contribution is 5.88. The van der Waals surface area contributed by atoms with E-state index in [0.29, 0.717) is 57.9 Å². The molecular weight excluding hydrogens is 811 g/mol. The first-order chi connectivity index (χ1) is 31.0. The summed E-state index contributed by atoms with van der Waals surface area (Å²) in [6.07, 6.45) is 30.5. The predicted octanol–water partition coefficient (Wildman–Crippen LogP) is 10.7. The Hall–Kier alpha value is -2.28. The molecule has 1 fully saturated rings. The second-order valence-corrected chi connectivity index (χ2v) is 19.5. The highest BCUT2D eigenvalue weighted by Gasteiger charge is 2.48. The summed E-state index contributed by atoms with van der Waals surface area (Å²) < 4.78 is 6.25. The van der Waals surface area contributed by atoms with Crippen molar-refractivity contribution in [3.05, 3.63) is 0 Å². The van der Waals surface area contributed by atoms with E-state index in [9.17, 15) is 34.5 Å². The number of carbonyl (C=O) groups is 4. The normalized spacial score (nSPS) is 19.2. The van der Waals surface area contributed by atoms with Crippen molar-refractivity contribution in [1.29, 1.82) is 0 Å². The Labute approximate surface area is 390 Å². The molecular formula is C52H99N3O9. The van der Waals surface area contributed by atoms with Gasteiger partial charge < -0.3 is 40.7 Å². The monoisotopic (exact) mass is 910 g/mol. The molecule has 1 rings (SSSR count). The largest absolute Gasteiger partial charge is 0.481 e. The minimum atomic E-state index is -1.54. The zero-order chi connectivity index (χ0) is 47.2. The summed E-state index contributed by atoms with van der Waals surface area (Å²) in [5.74, 6) is -1.79. The van der Waals surface area contributed by atoms with Crippen molar-refractivity contribution < 1.29 is 44.3 Å². The molecule has 12 heteroatoms. The Kier molecular flexibility index (Phi) is 37.2. The molecule has 1 aliphatic heterocycles. The average molecular weight is 910 g/mol. The molecule has 0 aromatic heterocycles. The predicted molar refractivity (Wildman–Crippen MR) is 259 cm³/mol. The van der Waals surface area contributed by atoms with E-state index in [1.807, 2.05) is 13.8 Å². The highest BCUT2D eigenvalue weighted by Crippen LogP contribution is 2.27. The zero-order valence-corrected chi connectivity index (χ0v) is 41.5. The molecule has 0 aromatic rings. The van der Waals surface area contributed by atoms with Gasteiger partial charge in [-0.25, -0.2) is 0 Å². The molecule has 64 heavy (non-hydrogen) atoms. The van der Waals surface area contributed by atoms with E-state index in [4.69, 9.17) is 9.84 Å². The standard InChI is InChI=1S/C52H99N3O9/c1-5-7-9-11-13-15-17-19-20-21-22-24-26-28-33-37-46(58)55(39-35-31-27-25-23-18-16-14-12-10-8-6-2)52-48(50(62)49(61)44(41-56)64-52)54-51(63)43(40-42(3)4)53-45(57)36-32-29-30-34-38-47(59)60/h42-44,48-50,52,56,61-62H,5-41H2,1-4H3,(H,53,57)(H,54,63)(H,59,60)/t43-,44+,48+,49+,50+,52+/m0/s1. The van der Waals surface area contributed by atoms with E-state index in [2.05, 4.69) is 24.5 Å². The number of hydrogen-bond donors (Lipinski definition) is 6. The molecule has 3 amide bonds. The summed E-state index contributed by atoms with van der Waals surface area (Å²) in [6.45, 7) is 8.16. The number of carbonyl (C=O) groups excluding carboxylic acids is 3. The Bertz CT molecular complexity index is 1170. The highest BCUT2D eigenvalue weighted by atomic mass is 16.5. The minimum Gasteiger partial charge on any atom is -0.481 e. The molecule has 6 atom stereocenters. The fourth-order valence-electron chi connectivity index (χ4n) is 8.98. The fraction of sp³-hybridized carbons (Fsp3) is 0.923. The van der Waals surface area contributed by atoms with Crippen LogP contribution in [0.5, 0.6) is 0 Å². The third-order valence-electron chi connectivity index (χ3n) is 13.0. The lowest BCUT2D eigenvalue weighted by Gasteiger charge is -2.47. The summed E-state index contributed by atoms with van der Waals surface area (Å²) in [5.41, 5.74) is 0. The van der Waals surface area contributed by atoms with Crippen LogP contribution in [0.25, 0.3) is 0 Å². The van der Waals surface area contributed by atoms with Crippen LogP contribution >= 0.6 is 0 Å². The lowest BCUT2D eigenvalue weighted by atomic mass is 9.93. The Morgan fingerprint density at radius 2 is 0.969 bits per heavy atom. The zero-order valence-electron chi connectivity index (χ0n) is 41.5. The summed E-state index contributed by atoms with van der Waals surface area (Å²) >= 11 is 0. The molecule has 0 bridgehead atoms. The first kappa shape index (κ1) is 59.7. The molecule has 0 radical (unpaired) electrons. The van der Waals surface area contributed by atoms with Crippen LogP contribution in [0.15, 0.2) is 0 Å². The third kappa shape index (κ3) is 29.4. The van der Waals surface area contributed by atoms with Crippen molar-refractivity contribution in [2.24, 2.45) is 5.92 Å². The molecule has 1 saturated heterocycles. The first-order valence-electron chi connectivity index (χ1n) is 26.7. The number of carboxylic acid groups (broad SMARTS) is 1. The lowest BCUT2D eigenvalue weighted by Crippen LogP contribution is -2.70. The third-order valence-corrected chi connectivity index (χ3v) is 13.0. The summed E-state index contributed by atoms with van der Waals surface area (Å²) in [6, 6.07) is -2.13. The molecule has 0 unspecified atom stereocenters. The van der Waals surface area contributed by atoms with Gasteiger partial charge in [0.2, 0.25) is 17.7 Å². The number of unbranched alkanes of at least 4 members (excludes halogenated alkanes) is 28. The van der Waals surface area contributed by atoms with Crippen LogP contribution in [0.3, 0.4) is 0 Å². The van der Waals surface area contributed by atoms with Crippen LogP contribution < -0.4 is 10.6 Å². The van der Waals surface area contributed by atoms with Gasteiger partial charge in [-0.15, -0.1) is 0 Å². The maximum absolute atomic E-state index is 14.2. The van der Waals surface area contributed by atoms with Gasteiger partial charge in [-0.1, -0.05) is 201 Å². The van der Waals surface area contributed by atoms with Crippen molar-refractivity contribution in [3.8, 4) is 0 Å². The number of aliphatic hydroxyl groups excluding tert-OH is 3. The van der Waals surface area contributed by atoms with Crippen molar-refractivity contribution >= 4 is 23.7 Å². The van der Waals surface area contributed by atoms with E-state index >= 15 is 0 Å².